The molecule has 1 heterocycles. The molecular formula is C15H27IN4OS. The predicted molar refractivity (Wildman–Crippen MR) is 105 cm³/mol. The molecule has 126 valence electrons. The lowest BCUT2D eigenvalue weighted by Gasteiger charge is -2.17. The molecule has 1 atom stereocenters. The summed E-state index contributed by atoms with van der Waals surface area (Å²) >= 11 is 1.74. The Hall–Kier alpha value is -0.540. The summed E-state index contributed by atoms with van der Waals surface area (Å²) in [6.07, 6.45) is 1.82. The van der Waals surface area contributed by atoms with Crippen molar-refractivity contribution in [1.82, 2.24) is 10.3 Å². The maximum atomic E-state index is 5.86. The van der Waals surface area contributed by atoms with Crippen molar-refractivity contribution in [3.8, 4) is 0 Å². The van der Waals surface area contributed by atoms with Crippen LogP contribution in [0.1, 0.15) is 33.3 Å². The van der Waals surface area contributed by atoms with Crippen molar-refractivity contribution in [2.75, 3.05) is 13.7 Å². The summed E-state index contributed by atoms with van der Waals surface area (Å²) < 4.78 is 5.19. The van der Waals surface area contributed by atoms with E-state index in [2.05, 4.69) is 42.1 Å². The summed E-state index contributed by atoms with van der Waals surface area (Å²) in [5.41, 5.74) is 6.95. The van der Waals surface area contributed by atoms with Crippen molar-refractivity contribution < 1.29 is 4.74 Å². The minimum atomic E-state index is 0. The maximum absolute atomic E-state index is 5.86. The second-order valence-corrected chi connectivity index (χ2v) is 7.77. The maximum Gasteiger partial charge on any atom is 0.189 e. The second kappa shape index (κ2) is 10.3. The molecule has 0 spiro atoms. The van der Waals surface area contributed by atoms with Gasteiger partial charge in [0.1, 0.15) is 0 Å². The van der Waals surface area contributed by atoms with E-state index in [1.165, 1.54) is 0 Å². The van der Waals surface area contributed by atoms with Crippen LogP contribution in [0.4, 0.5) is 0 Å². The number of thioether (sulfide) groups is 1. The molecule has 22 heavy (non-hydrogen) atoms. The zero-order valence-electron chi connectivity index (χ0n) is 13.9. The molecule has 0 radical (unpaired) electrons. The fraction of sp³-hybridized carbons (Fsp3) is 0.600. The fourth-order valence-electron chi connectivity index (χ4n) is 1.68. The number of aliphatic imine (C=N–C) groups is 1. The number of rotatable bonds is 6. The average Bonchev–Trinajstić information content (AvgIpc) is 2.35. The molecule has 7 heteroatoms. The van der Waals surface area contributed by atoms with Gasteiger partial charge in [0, 0.05) is 24.1 Å². The van der Waals surface area contributed by atoms with E-state index in [-0.39, 0.29) is 34.8 Å². The van der Waals surface area contributed by atoms with Crippen LogP contribution in [0.15, 0.2) is 28.3 Å². The van der Waals surface area contributed by atoms with Gasteiger partial charge in [0.05, 0.1) is 18.2 Å². The number of hydrogen-bond acceptors (Lipinski definition) is 4. The molecule has 0 saturated carbocycles. The highest BCUT2D eigenvalue weighted by atomic mass is 127. The van der Waals surface area contributed by atoms with Gasteiger partial charge in [0.15, 0.2) is 5.96 Å². The molecule has 0 aliphatic rings. The Kier molecular flexibility index (Phi) is 10.0. The van der Waals surface area contributed by atoms with Crippen LogP contribution < -0.4 is 11.1 Å². The predicted octanol–water partition coefficient (Wildman–Crippen LogP) is 3.03. The monoisotopic (exact) mass is 438 g/mol. The molecular weight excluding hydrogens is 411 g/mol. The van der Waals surface area contributed by atoms with Crippen LogP contribution in [0, 0.1) is 0 Å². The van der Waals surface area contributed by atoms with Crippen molar-refractivity contribution in [3.05, 3.63) is 23.9 Å². The SMILES string of the molecule is COCC(C)NC(N)=NCc1ccnc(SC(C)(C)C)c1.I. The smallest absolute Gasteiger partial charge is 0.189 e. The van der Waals surface area contributed by atoms with Gasteiger partial charge in [-0.2, -0.15) is 0 Å². The second-order valence-electron chi connectivity index (χ2n) is 5.92. The summed E-state index contributed by atoms with van der Waals surface area (Å²) in [6, 6.07) is 4.16. The van der Waals surface area contributed by atoms with Crippen molar-refractivity contribution in [2.45, 2.75) is 50.1 Å². The lowest BCUT2D eigenvalue weighted by Crippen LogP contribution is -2.40. The molecule has 0 bridgehead atoms. The zero-order chi connectivity index (χ0) is 15.9. The summed E-state index contributed by atoms with van der Waals surface area (Å²) in [6.45, 7) is 9.64. The quantitative estimate of drug-likeness (QED) is 0.309. The Labute approximate surface area is 154 Å². The number of guanidine groups is 1. The Morgan fingerprint density at radius 3 is 2.77 bits per heavy atom. The standard InChI is InChI=1S/C15H26N4OS.HI/c1-11(10-20-5)19-14(16)18-9-12-6-7-17-13(8-12)21-15(2,3)4;/h6-8,11H,9-10H2,1-5H3,(H3,16,18,19);1H. The normalized spacial score (nSPS) is 13.4. The van der Waals surface area contributed by atoms with E-state index >= 15 is 0 Å². The zero-order valence-corrected chi connectivity index (χ0v) is 17.1. The number of nitrogens with two attached hydrogens (primary N) is 1. The molecule has 0 aliphatic heterocycles. The molecule has 3 N–H and O–H groups in total. The number of hydrogen-bond donors (Lipinski definition) is 2. The highest BCUT2D eigenvalue weighted by molar-refractivity contribution is 14.0. The minimum Gasteiger partial charge on any atom is -0.383 e. The van der Waals surface area contributed by atoms with Crippen LogP contribution in [0.2, 0.25) is 0 Å². The molecule has 0 saturated heterocycles. The molecule has 0 aromatic carbocycles. The van der Waals surface area contributed by atoms with Crippen LogP contribution in [0.25, 0.3) is 0 Å². The van der Waals surface area contributed by atoms with Gasteiger partial charge in [-0.3, -0.25) is 0 Å². The molecule has 1 unspecified atom stereocenters. The van der Waals surface area contributed by atoms with Gasteiger partial charge < -0.3 is 15.8 Å². The summed E-state index contributed by atoms with van der Waals surface area (Å²) in [7, 11) is 1.66. The lowest BCUT2D eigenvalue weighted by atomic mass is 10.3. The third kappa shape index (κ3) is 9.47. The van der Waals surface area contributed by atoms with E-state index in [9.17, 15) is 0 Å². The highest BCUT2D eigenvalue weighted by Gasteiger charge is 2.13. The Morgan fingerprint density at radius 1 is 1.50 bits per heavy atom. The first-order valence-corrected chi connectivity index (χ1v) is 7.81. The fourth-order valence-corrected chi connectivity index (χ4v) is 2.64. The van der Waals surface area contributed by atoms with E-state index in [1.54, 1.807) is 18.9 Å². The highest BCUT2D eigenvalue weighted by Crippen LogP contribution is 2.30. The van der Waals surface area contributed by atoms with Gasteiger partial charge in [-0.25, -0.2) is 9.98 Å². The number of pyridine rings is 1. The van der Waals surface area contributed by atoms with Crippen molar-refractivity contribution in [3.63, 3.8) is 0 Å². The first kappa shape index (κ1) is 21.5. The van der Waals surface area contributed by atoms with Gasteiger partial charge in [-0.1, -0.05) is 20.8 Å². The number of nitrogens with zero attached hydrogens (tertiary/aromatic N) is 2. The molecule has 1 aromatic rings. The molecule has 0 aliphatic carbocycles. The van der Waals surface area contributed by atoms with E-state index in [0.717, 1.165) is 10.6 Å². The van der Waals surface area contributed by atoms with Gasteiger partial charge in [0.2, 0.25) is 0 Å². The molecule has 1 aromatic heterocycles. The Bertz CT molecular complexity index is 477. The third-order valence-electron chi connectivity index (χ3n) is 2.45. The summed E-state index contributed by atoms with van der Waals surface area (Å²) in [5, 5.41) is 4.09. The first-order chi connectivity index (χ1) is 9.80. The van der Waals surface area contributed by atoms with Crippen molar-refractivity contribution >= 4 is 41.7 Å². The van der Waals surface area contributed by atoms with Crippen LogP contribution in [0.5, 0.6) is 0 Å². The summed E-state index contributed by atoms with van der Waals surface area (Å²) in [5.74, 6) is 0.432. The van der Waals surface area contributed by atoms with Crippen LogP contribution in [-0.2, 0) is 11.3 Å². The topological polar surface area (TPSA) is 72.5 Å². The number of halogens is 1. The van der Waals surface area contributed by atoms with Crippen LogP contribution in [-0.4, -0.2) is 35.4 Å². The molecule has 1 rings (SSSR count). The van der Waals surface area contributed by atoms with Gasteiger partial charge >= 0.3 is 0 Å². The third-order valence-corrected chi connectivity index (χ3v) is 3.50. The van der Waals surface area contributed by atoms with E-state index < -0.39 is 0 Å². The Morgan fingerprint density at radius 2 is 2.18 bits per heavy atom. The lowest BCUT2D eigenvalue weighted by molar-refractivity contribution is 0.179. The number of methoxy groups -OCH3 is 1. The van der Waals surface area contributed by atoms with Crippen molar-refractivity contribution in [2.24, 2.45) is 10.7 Å². The van der Waals surface area contributed by atoms with Crippen LogP contribution in [0.3, 0.4) is 0 Å². The van der Waals surface area contributed by atoms with Gasteiger partial charge in [0.25, 0.3) is 0 Å². The van der Waals surface area contributed by atoms with E-state index in [4.69, 9.17) is 10.5 Å². The summed E-state index contributed by atoms with van der Waals surface area (Å²) in [4.78, 5) is 8.72. The Balaban J connectivity index is 0.00000441. The van der Waals surface area contributed by atoms with Crippen LogP contribution >= 0.6 is 35.7 Å². The molecule has 0 amide bonds. The number of aromatic nitrogens is 1. The van der Waals surface area contributed by atoms with E-state index in [0.29, 0.717) is 19.1 Å². The first-order valence-electron chi connectivity index (χ1n) is 6.99. The minimum absolute atomic E-state index is 0. The molecule has 5 nitrogen and oxygen atoms in total. The molecule has 0 fully saturated rings. The average molecular weight is 438 g/mol. The van der Waals surface area contributed by atoms with Gasteiger partial charge in [-0.05, 0) is 24.6 Å². The van der Waals surface area contributed by atoms with Crippen molar-refractivity contribution in [1.29, 1.82) is 0 Å². The largest absolute Gasteiger partial charge is 0.383 e. The number of ether oxygens (including phenoxy) is 1. The van der Waals surface area contributed by atoms with E-state index in [1.807, 2.05) is 19.2 Å². The van der Waals surface area contributed by atoms with Gasteiger partial charge in [-0.15, -0.1) is 35.7 Å². The number of nitrogens with one attached hydrogen (secondary N) is 1.